The van der Waals surface area contributed by atoms with Crippen molar-refractivity contribution >= 4 is 49.1 Å². The van der Waals surface area contributed by atoms with Gasteiger partial charge in [0.15, 0.2) is 0 Å². The lowest BCUT2D eigenvalue weighted by Crippen LogP contribution is -2.18. The van der Waals surface area contributed by atoms with Crippen molar-refractivity contribution in [1.29, 1.82) is 0 Å². The highest BCUT2D eigenvalue weighted by atomic mass is 16.4. The molecule has 0 bridgehead atoms. The molecule has 2 nitrogen and oxygen atoms in total. The van der Waals surface area contributed by atoms with Gasteiger partial charge >= 0.3 is 5.97 Å². The van der Waals surface area contributed by atoms with E-state index >= 15 is 0 Å². The smallest absolute Gasteiger partial charge is 0.308 e. The second kappa shape index (κ2) is 6.24. The molecule has 0 amide bonds. The number of carbonyl (C=O) groups is 1. The van der Waals surface area contributed by atoms with Crippen LogP contribution in [0.5, 0.6) is 0 Å². The Morgan fingerprint density at radius 1 is 0.630 bits per heavy atom. The van der Waals surface area contributed by atoms with E-state index in [-0.39, 0.29) is 0 Å². The SMILES string of the molecule is CC(C)(C)C(=O)O.c1cc2cccc3c4cccc5cccc(c(c1)c23)c54. The van der Waals surface area contributed by atoms with Crippen molar-refractivity contribution in [3.8, 4) is 0 Å². The summed E-state index contributed by atoms with van der Waals surface area (Å²) in [4.78, 5) is 10.0. The number of hydrogen-bond donors (Lipinski definition) is 1. The third-order valence-corrected chi connectivity index (χ3v) is 5.03. The van der Waals surface area contributed by atoms with Crippen molar-refractivity contribution in [2.45, 2.75) is 20.8 Å². The van der Waals surface area contributed by atoms with Crippen molar-refractivity contribution in [1.82, 2.24) is 0 Å². The Bertz CT molecular complexity index is 1110. The van der Waals surface area contributed by atoms with Crippen LogP contribution in [0.3, 0.4) is 0 Å². The van der Waals surface area contributed by atoms with Gasteiger partial charge < -0.3 is 5.11 Å². The van der Waals surface area contributed by atoms with Crippen molar-refractivity contribution < 1.29 is 9.90 Å². The van der Waals surface area contributed by atoms with Crippen molar-refractivity contribution in [3.63, 3.8) is 0 Å². The number of aliphatic carboxylic acids is 1. The van der Waals surface area contributed by atoms with E-state index < -0.39 is 11.4 Å². The zero-order valence-corrected chi connectivity index (χ0v) is 15.8. The number of carboxylic acids is 1. The van der Waals surface area contributed by atoms with Crippen LogP contribution in [0.4, 0.5) is 0 Å². The minimum atomic E-state index is -0.757. The predicted molar refractivity (Wildman–Crippen MR) is 115 cm³/mol. The molecule has 5 aromatic carbocycles. The van der Waals surface area contributed by atoms with E-state index in [1.807, 2.05) is 0 Å². The standard InChI is InChI=1S/C20H12.C5H10O2/c1-5-13-6-2-11-17-18-12-4-8-14-7-3-10-16(20(14)18)15(9-1)19(13)17;1-5(2,3)4(6)7/h1-12H;1-3H3,(H,6,7). The van der Waals surface area contributed by atoms with Gasteiger partial charge in [-0.2, -0.15) is 0 Å². The van der Waals surface area contributed by atoms with Gasteiger partial charge in [-0.1, -0.05) is 72.8 Å². The van der Waals surface area contributed by atoms with Crippen molar-refractivity contribution in [2.24, 2.45) is 5.41 Å². The normalized spacial score (nSPS) is 11.8. The zero-order chi connectivity index (χ0) is 19.2. The average Bonchev–Trinajstić information content (AvgIpc) is 2.65. The first kappa shape index (κ1) is 17.3. The van der Waals surface area contributed by atoms with Gasteiger partial charge in [0.25, 0.3) is 0 Å². The fourth-order valence-corrected chi connectivity index (χ4v) is 3.58. The minimum absolute atomic E-state index is 0.583. The van der Waals surface area contributed by atoms with Crippen LogP contribution in [0.1, 0.15) is 20.8 Å². The molecule has 0 spiro atoms. The molecule has 5 rings (SSSR count). The summed E-state index contributed by atoms with van der Waals surface area (Å²) >= 11 is 0. The first-order chi connectivity index (χ1) is 12.9. The molecule has 0 aliphatic heterocycles. The molecule has 27 heavy (non-hydrogen) atoms. The molecule has 134 valence electrons. The largest absolute Gasteiger partial charge is 0.481 e. The molecule has 2 heteroatoms. The quantitative estimate of drug-likeness (QED) is 0.244. The van der Waals surface area contributed by atoms with Crippen LogP contribution >= 0.6 is 0 Å². The number of carboxylic acid groups (broad SMARTS) is 1. The highest BCUT2D eigenvalue weighted by Gasteiger charge is 2.18. The maximum Gasteiger partial charge on any atom is 0.308 e. The third-order valence-electron chi connectivity index (χ3n) is 5.03. The molecule has 0 aliphatic rings. The Hall–Kier alpha value is -3.13. The van der Waals surface area contributed by atoms with Gasteiger partial charge in [-0.25, -0.2) is 0 Å². The molecule has 0 saturated carbocycles. The first-order valence-corrected chi connectivity index (χ1v) is 9.15. The van der Waals surface area contributed by atoms with Gasteiger partial charge in [-0.05, 0) is 63.9 Å². The van der Waals surface area contributed by atoms with Crippen LogP contribution in [0.15, 0.2) is 72.8 Å². The maximum absolute atomic E-state index is 10.0. The van der Waals surface area contributed by atoms with E-state index in [4.69, 9.17) is 5.11 Å². The van der Waals surface area contributed by atoms with E-state index in [2.05, 4.69) is 72.8 Å². The Labute approximate surface area is 158 Å². The van der Waals surface area contributed by atoms with Crippen LogP contribution in [0.25, 0.3) is 43.1 Å². The minimum Gasteiger partial charge on any atom is -0.481 e. The Balaban J connectivity index is 0.000000224. The van der Waals surface area contributed by atoms with Crippen LogP contribution in [0.2, 0.25) is 0 Å². The molecule has 1 N–H and O–H groups in total. The third kappa shape index (κ3) is 2.87. The van der Waals surface area contributed by atoms with Gasteiger partial charge in [0.1, 0.15) is 0 Å². The van der Waals surface area contributed by atoms with Crippen molar-refractivity contribution in [3.05, 3.63) is 72.8 Å². The lowest BCUT2D eigenvalue weighted by Gasteiger charge is -2.13. The van der Waals surface area contributed by atoms with E-state index in [9.17, 15) is 4.79 Å². The van der Waals surface area contributed by atoms with Crippen molar-refractivity contribution in [2.75, 3.05) is 0 Å². The lowest BCUT2D eigenvalue weighted by molar-refractivity contribution is -0.145. The molecule has 0 aromatic heterocycles. The number of rotatable bonds is 0. The molecule has 5 aromatic rings. The Kier molecular flexibility index (Phi) is 4.00. The predicted octanol–water partition coefficient (Wildman–Crippen LogP) is 6.85. The molecule has 0 unspecified atom stereocenters. The van der Waals surface area contributed by atoms with Crippen LogP contribution in [0, 0.1) is 5.41 Å². The van der Waals surface area contributed by atoms with Crippen LogP contribution in [-0.2, 0) is 4.79 Å². The van der Waals surface area contributed by atoms with E-state index in [1.54, 1.807) is 20.8 Å². The summed E-state index contributed by atoms with van der Waals surface area (Å²) in [6.07, 6.45) is 0. The number of fused-ring (bicyclic) bond motifs is 2. The monoisotopic (exact) mass is 354 g/mol. The van der Waals surface area contributed by atoms with Gasteiger partial charge in [0.2, 0.25) is 0 Å². The number of benzene rings is 5. The van der Waals surface area contributed by atoms with E-state index in [1.165, 1.54) is 43.1 Å². The lowest BCUT2D eigenvalue weighted by atomic mass is 9.90. The fourth-order valence-electron chi connectivity index (χ4n) is 3.58. The summed E-state index contributed by atoms with van der Waals surface area (Å²) in [5.74, 6) is -0.757. The van der Waals surface area contributed by atoms with E-state index in [0.29, 0.717) is 0 Å². The molecule has 0 heterocycles. The first-order valence-electron chi connectivity index (χ1n) is 9.15. The summed E-state index contributed by atoms with van der Waals surface area (Å²) in [6.45, 7) is 4.99. The zero-order valence-electron chi connectivity index (χ0n) is 15.8. The van der Waals surface area contributed by atoms with Crippen LogP contribution in [-0.4, -0.2) is 11.1 Å². The molecular weight excluding hydrogens is 332 g/mol. The second-order valence-corrected chi connectivity index (χ2v) is 7.97. The molecule has 0 fully saturated rings. The molecule has 0 saturated heterocycles. The Morgan fingerprint density at radius 2 is 0.889 bits per heavy atom. The maximum atomic E-state index is 10.0. The number of hydrogen-bond acceptors (Lipinski definition) is 1. The van der Waals surface area contributed by atoms with Gasteiger partial charge in [0, 0.05) is 0 Å². The molecule has 0 radical (unpaired) electrons. The second-order valence-electron chi connectivity index (χ2n) is 7.97. The summed E-state index contributed by atoms with van der Waals surface area (Å²) in [6, 6.07) is 26.4. The fraction of sp³-hybridized carbons (Fsp3) is 0.160. The summed E-state index contributed by atoms with van der Waals surface area (Å²) in [7, 11) is 0. The highest BCUT2D eigenvalue weighted by molar-refractivity contribution is 6.32. The van der Waals surface area contributed by atoms with Gasteiger partial charge in [-0.3, -0.25) is 4.79 Å². The molecule has 0 aliphatic carbocycles. The summed E-state index contributed by atoms with van der Waals surface area (Å²) in [5, 5.41) is 19.1. The van der Waals surface area contributed by atoms with Gasteiger partial charge in [-0.15, -0.1) is 0 Å². The average molecular weight is 354 g/mol. The van der Waals surface area contributed by atoms with E-state index in [0.717, 1.165) is 0 Å². The summed E-state index contributed by atoms with van der Waals surface area (Å²) < 4.78 is 0. The topological polar surface area (TPSA) is 37.3 Å². The Morgan fingerprint density at radius 3 is 1.11 bits per heavy atom. The molecule has 0 atom stereocenters. The van der Waals surface area contributed by atoms with Gasteiger partial charge in [0.05, 0.1) is 5.41 Å². The van der Waals surface area contributed by atoms with Crippen LogP contribution < -0.4 is 0 Å². The summed E-state index contributed by atoms with van der Waals surface area (Å²) in [5.41, 5.74) is -0.583. The molecular formula is C25H22O2. The highest BCUT2D eigenvalue weighted by Crippen LogP contribution is 2.39.